The van der Waals surface area contributed by atoms with Crippen LogP contribution in [0.15, 0.2) is 30.5 Å². The van der Waals surface area contributed by atoms with Crippen LogP contribution in [-0.2, 0) is 5.54 Å². The number of hydrogen-bond acceptors (Lipinski definition) is 8. The van der Waals surface area contributed by atoms with Crippen LogP contribution in [0.2, 0.25) is 0 Å². The van der Waals surface area contributed by atoms with Crippen molar-refractivity contribution in [1.82, 2.24) is 25.0 Å². The number of fused-ring (bicyclic) bond motifs is 1. The van der Waals surface area contributed by atoms with E-state index in [1.54, 1.807) is 25.1 Å². The third-order valence-electron chi connectivity index (χ3n) is 8.09. The summed E-state index contributed by atoms with van der Waals surface area (Å²) in [5.41, 5.74) is 2.62. The van der Waals surface area contributed by atoms with E-state index in [2.05, 4.69) is 63.8 Å². The first-order chi connectivity index (χ1) is 19.5. The van der Waals surface area contributed by atoms with Gasteiger partial charge in [0.25, 0.3) is 0 Å². The second-order valence-electron chi connectivity index (χ2n) is 12.4. The maximum absolute atomic E-state index is 16.0. The number of aromatic nitrogens is 5. The summed E-state index contributed by atoms with van der Waals surface area (Å²) < 4.78 is 31.4. The van der Waals surface area contributed by atoms with E-state index in [0.717, 1.165) is 19.3 Å². The lowest BCUT2D eigenvalue weighted by molar-refractivity contribution is -0.106. The minimum Gasteiger partial charge on any atom is -0.383 e. The van der Waals surface area contributed by atoms with Gasteiger partial charge in [-0.15, -0.1) is 5.10 Å². The van der Waals surface area contributed by atoms with E-state index < -0.39 is 17.9 Å². The van der Waals surface area contributed by atoms with Crippen LogP contribution in [-0.4, -0.2) is 31.5 Å². The number of benzene rings is 1. The van der Waals surface area contributed by atoms with E-state index in [1.165, 1.54) is 16.9 Å². The normalized spacial score (nSPS) is 20.0. The molecule has 2 N–H and O–H groups in total. The number of hydrogen-bond donors (Lipinski definition) is 2. The standard InChI is InChI=1S/C30H29F2N9/c1-16-21(5-6-23(31)37-16)26(27-28(32)41(40-39-27)30-9-17(10-30)11-30)38-20-7-18(12-33)24-22(8-20)25(19(13-34)14-35-24)36-15-29(2,3)4/h5-8,14,17,26,38H,9-11,15H2,1-4H3,(H,35,36). The summed E-state index contributed by atoms with van der Waals surface area (Å²) in [4.78, 5) is 8.36. The van der Waals surface area contributed by atoms with Crippen LogP contribution < -0.4 is 10.6 Å². The third-order valence-corrected chi connectivity index (χ3v) is 8.09. The van der Waals surface area contributed by atoms with Crippen LogP contribution >= 0.6 is 0 Å². The fraction of sp³-hybridized carbons (Fsp3) is 0.400. The van der Waals surface area contributed by atoms with Crippen molar-refractivity contribution >= 4 is 22.3 Å². The van der Waals surface area contributed by atoms with E-state index in [1.807, 2.05) is 0 Å². The van der Waals surface area contributed by atoms with E-state index in [9.17, 15) is 14.9 Å². The molecule has 3 aliphatic rings. The van der Waals surface area contributed by atoms with Gasteiger partial charge in [-0.3, -0.25) is 4.98 Å². The minimum absolute atomic E-state index is 0.0554. The first kappa shape index (κ1) is 26.6. The summed E-state index contributed by atoms with van der Waals surface area (Å²) >= 11 is 0. The van der Waals surface area contributed by atoms with Gasteiger partial charge in [0.2, 0.25) is 11.9 Å². The highest BCUT2D eigenvalue weighted by atomic mass is 19.1. The van der Waals surface area contributed by atoms with Gasteiger partial charge in [0, 0.05) is 35.1 Å². The van der Waals surface area contributed by atoms with Crippen LogP contribution in [0.5, 0.6) is 0 Å². The average Bonchev–Trinajstić information content (AvgIpc) is 3.23. The van der Waals surface area contributed by atoms with Gasteiger partial charge in [0.05, 0.1) is 27.9 Å². The molecule has 7 rings (SSSR count). The second kappa shape index (κ2) is 9.48. The lowest BCUT2D eigenvalue weighted by Gasteiger charge is -2.60. The molecule has 3 aliphatic carbocycles. The van der Waals surface area contributed by atoms with Gasteiger partial charge in [-0.2, -0.15) is 19.3 Å². The average molecular weight is 554 g/mol. The van der Waals surface area contributed by atoms with Crippen LogP contribution in [0, 0.1) is 52.8 Å². The molecule has 4 aromatic rings. The molecule has 2 bridgehead atoms. The Balaban J connectivity index is 1.48. The highest BCUT2D eigenvalue weighted by Crippen LogP contribution is 2.62. The molecule has 0 spiro atoms. The maximum Gasteiger partial charge on any atom is 0.237 e. The van der Waals surface area contributed by atoms with Crippen LogP contribution in [0.1, 0.15) is 74.2 Å². The smallest absolute Gasteiger partial charge is 0.237 e. The first-order valence-corrected chi connectivity index (χ1v) is 13.5. The van der Waals surface area contributed by atoms with E-state index >= 15 is 4.39 Å². The van der Waals surface area contributed by atoms with Gasteiger partial charge < -0.3 is 10.6 Å². The SMILES string of the molecule is Cc1nc(F)ccc1C(Nc1cc(C#N)c2ncc(C#N)c(NCC(C)(C)C)c2c1)c1nnn(C23CC(C2)C3)c1F. The monoisotopic (exact) mass is 553 g/mol. The highest BCUT2D eigenvalue weighted by molar-refractivity contribution is 5.99. The molecule has 9 nitrogen and oxygen atoms in total. The van der Waals surface area contributed by atoms with Crippen molar-refractivity contribution in [1.29, 1.82) is 10.5 Å². The van der Waals surface area contributed by atoms with Crippen molar-refractivity contribution in [2.45, 2.75) is 58.5 Å². The number of pyridine rings is 2. The molecule has 0 aliphatic heterocycles. The fourth-order valence-electron chi connectivity index (χ4n) is 5.86. The molecule has 3 heterocycles. The highest BCUT2D eigenvalue weighted by Gasteiger charge is 2.60. The fourth-order valence-corrected chi connectivity index (χ4v) is 5.86. The molecule has 208 valence electrons. The molecular weight excluding hydrogens is 524 g/mol. The van der Waals surface area contributed by atoms with Crippen LogP contribution in [0.4, 0.5) is 20.2 Å². The van der Waals surface area contributed by atoms with Gasteiger partial charge in [-0.05, 0) is 55.7 Å². The summed E-state index contributed by atoms with van der Waals surface area (Å²) in [7, 11) is 0. The summed E-state index contributed by atoms with van der Waals surface area (Å²) in [6.45, 7) is 8.43. The molecule has 3 aromatic heterocycles. The Morgan fingerprint density at radius 1 is 1.12 bits per heavy atom. The van der Waals surface area contributed by atoms with Crippen LogP contribution in [0.25, 0.3) is 10.9 Å². The van der Waals surface area contributed by atoms with Gasteiger partial charge in [0.1, 0.15) is 23.9 Å². The van der Waals surface area contributed by atoms with E-state index in [0.29, 0.717) is 51.6 Å². The summed E-state index contributed by atoms with van der Waals surface area (Å²) in [5.74, 6) is -0.578. The Morgan fingerprint density at radius 3 is 2.46 bits per heavy atom. The third kappa shape index (κ3) is 4.51. The molecule has 1 atom stereocenters. The number of aryl methyl sites for hydroxylation is 1. The largest absolute Gasteiger partial charge is 0.383 e. The quantitative estimate of drug-likeness (QED) is 0.278. The molecule has 0 radical (unpaired) electrons. The summed E-state index contributed by atoms with van der Waals surface area (Å²) in [5, 5.41) is 35.5. The Kier molecular flexibility index (Phi) is 6.14. The zero-order valence-corrected chi connectivity index (χ0v) is 23.3. The lowest BCUT2D eigenvalue weighted by Crippen LogP contribution is -2.60. The van der Waals surface area contributed by atoms with Gasteiger partial charge >= 0.3 is 0 Å². The molecule has 3 saturated carbocycles. The van der Waals surface area contributed by atoms with Crippen molar-refractivity contribution < 1.29 is 8.78 Å². The number of rotatable bonds is 7. The van der Waals surface area contributed by atoms with Crippen molar-refractivity contribution in [2.24, 2.45) is 11.3 Å². The van der Waals surface area contributed by atoms with Crippen molar-refractivity contribution in [3.05, 3.63) is 70.4 Å². The molecule has 0 saturated heterocycles. The molecular formula is C30H29F2N9. The molecule has 11 heteroatoms. The van der Waals surface area contributed by atoms with Crippen molar-refractivity contribution in [3.63, 3.8) is 0 Å². The topological polar surface area (TPSA) is 128 Å². The van der Waals surface area contributed by atoms with E-state index in [-0.39, 0.29) is 22.2 Å². The number of anilines is 2. The second-order valence-corrected chi connectivity index (χ2v) is 12.4. The van der Waals surface area contributed by atoms with E-state index in [4.69, 9.17) is 0 Å². The summed E-state index contributed by atoms with van der Waals surface area (Å²) in [6, 6.07) is 9.66. The number of nitriles is 2. The zero-order chi connectivity index (χ0) is 29.1. The predicted octanol–water partition coefficient (Wildman–Crippen LogP) is 5.72. The number of nitrogens with one attached hydrogen (secondary N) is 2. The summed E-state index contributed by atoms with van der Waals surface area (Å²) in [6.07, 6.45) is 4.11. The molecule has 1 unspecified atom stereocenters. The Bertz CT molecular complexity index is 1760. The Morgan fingerprint density at radius 2 is 1.85 bits per heavy atom. The molecule has 3 fully saturated rings. The van der Waals surface area contributed by atoms with Gasteiger partial charge in [-0.25, -0.2) is 9.67 Å². The lowest BCUT2D eigenvalue weighted by atomic mass is 9.50. The molecule has 1 aromatic carbocycles. The number of nitrogens with zero attached hydrogens (tertiary/aromatic N) is 7. The predicted molar refractivity (Wildman–Crippen MR) is 149 cm³/mol. The Hall–Kier alpha value is -4.64. The van der Waals surface area contributed by atoms with Crippen molar-refractivity contribution in [3.8, 4) is 12.1 Å². The van der Waals surface area contributed by atoms with Gasteiger partial charge in [-0.1, -0.05) is 32.1 Å². The zero-order valence-electron chi connectivity index (χ0n) is 23.3. The molecule has 41 heavy (non-hydrogen) atoms. The van der Waals surface area contributed by atoms with Crippen LogP contribution in [0.3, 0.4) is 0 Å². The first-order valence-electron chi connectivity index (χ1n) is 13.5. The number of halogens is 2. The van der Waals surface area contributed by atoms with Gasteiger partial charge in [0.15, 0.2) is 0 Å². The van der Waals surface area contributed by atoms with Crippen molar-refractivity contribution in [2.75, 3.05) is 17.2 Å². The Labute approximate surface area is 236 Å². The molecule has 0 amide bonds. The minimum atomic E-state index is -0.883. The maximum atomic E-state index is 16.0.